The van der Waals surface area contributed by atoms with Crippen LogP contribution in [-0.4, -0.2) is 25.3 Å². The maximum absolute atomic E-state index is 10.8. The fourth-order valence-electron chi connectivity index (χ4n) is 3.40. The zero-order chi connectivity index (χ0) is 20.4. The number of para-hydroxylation sites is 1. The van der Waals surface area contributed by atoms with Crippen molar-refractivity contribution in [2.45, 2.75) is 33.1 Å². The fraction of sp³-hybridized carbons (Fsp3) is 0.217. The standard InChI is InChI=1S/C23H24N4O2/c1-3-4-8-17-13-16(2)14-22(23(17)28)27-24-20-12-11-19(15-21(20)25-27)26(29)18-9-6-5-7-10-18/h5-7,9-15,28-29H,3-4,8H2,1-2H3. The molecule has 2 N–H and O–H groups in total. The molecule has 4 rings (SSSR count). The number of hydrogen-bond acceptors (Lipinski definition) is 5. The lowest BCUT2D eigenvalue weighted by atomic mass is 10.0. The number of phenolic OH excluding ortho intramolecular Hbond substituents is 1. The van der Waals surface area contributed by atoms with Gasteiger partial charge in [-0.05, 0) is 67.3 Å². The van der Waals surface area contributed by atoms with Crippen LogP contribution in [0.15, 0.2) is 60.7 Å². The Morgan fingerprint density at radius 1 is 0.931 bits per heavy atom. The molecule has 0 atom stereocenters. The van der Waals surface area contributed by atoms with E-state index >= 15 is 0 Å². The van der Waals surface area contributed by atoms with Crippen LogP contribution in [0.25, 0.3) is 16.7 Å². The van der Waals surface area contributed by atoms with Gasteiger partial charge in [0, 0.05) is 0 Å². The van der Waals surface area contributed by atoms with Gasteiger partial charge in [-0.2, -0.15) is 0 Å². The number of aryl methyl sites for hydroxylation is 2. The molecule has 0 saturated carbocycles. The molecule has 6 heteroatoms. The summed E-state index contributed by atoms with van der Waals surface area (Å²) in [6.07, 6.45) is 2.90. The summed E-state index contributed by atoms with van der Waals surface area (Å²) in [5.41, 5.74) is 5.10. The molecule has 0 bridgehead atoms. The van der Waals surface area contributed by atoms with Crippen LogP contribution in [0.1, 0.15) is 30.9 Å². The predicted octanol–water partition coefficient (Wildman–Crippen LogP) is 5.30. The highest BCUT2D eigenvalue weighted by atomic mass is 16.5. The Bertz CT molecular complexity index is 1140. The predicted molar refractivity (Wildman–Crippen MR) is 114 cm³/mol. The van der Waals surface area contributed by atoms with Crippen molar-refractivity contribution in [3.8, 4) is 11.4 Å². The monoisotopic (exact) mass is 388 g/mol. The Morgan fingerprint density at radius 2 is 1.69 bits per heavy atom. The molecule has 0 radical (unpaired) electrons. The summed E-state index contributed by atoms with van der Waals surface area (Å²) in [5, 5.41) is 31.5. The van der Waals surface area contributed by atoms with Gasteiger partial charge < -0.3 is 5.11 Å². The van der Waals surface area contributed by atoms with Gasteiger partial charge in [-0.3, -0.25) is 5.21 Å². The average molecular weight is 388 g/mol. The van der Waals surface area contributed by atoms with Crippen molar-refractivity contribution >= 4 is 22.4 Å². The molecule has 0 aliphatic rings. The zero-order valence-electron chi connectivity index (χ0n) is 16.6. The highest BCUT2D eigenvalue weighted by Crippen LogP contribution is 2.30. The number of hydrogen-bond donors (Lipinski definition) is 2. The first-order chi connectivity index (χ1) is 14.1. The van der Waals surface area contributed by atoms with E-state index in [-0.39, 0.29) is 5.75 Å². The summed E-state index contributed by atoms with van der Waals surface area (Å²) in [5.74, 6) is 0.220. The third-order valence-electron chi connectivity index (χ3n) is 4.94. The molecule has 6 nitrogen and oxygen atoms in total. The van der Waals surface area contributed by atoms with Gasteiger partial charge >= 0.3 is 0 Å². The van der Waals surface area contributed by atoms with Crippen LogP contribution >= 0.6 is 0 Å². The molecular weight excluding hydrogens is 364 g/mol. The van der Waals surface area contributed by atoms with Crippen LogP contribution < -0.4 is 5.06 Å². The molecule has 0 amide bonds. The van der Waals surface area contributed by atoms with Crippen LogP contribution in [0, 0.1) is 6.92 Å². The maximum Gasteiger partial charge on any atom is 0.146 e. The largest absolute Gasteiger partial charge is 0.505 e. The summed E-state index contributed by atoms with van der Waals surface area (Å²) in [4.78, 5) is 1.47. The van der Waals surface area contributed by atoms with Gasteiger partial charge in [0.2, 0.25) is 0 Å². The smallest absolute Gasteiger partial charge is 0.146 e. The number of nitrogens with zero attached hydrogens (tertiary/aromatic N) is 4. The Morgan fingerprint density at radius 3 is 2.45 bits per heavy atom. The van der Waals surface area contributed by atoms with Gasteiger partial charge in [-0.15, -0.1) is 15.0 Å². The Labute approximate surface area is 169 Å². The number of anilines is 2. The molecule has 0 aliphatic heterocycles. The van der Waals surface area contributed by atoms with E-state index in [0.29, 0.717) is 28.1 Å². The van der Waals surface area contributed by atoms with E-state index in [0.717, 1.165) is 35.5 Å². The van der Waals surface area contributed by atoms with Crippen molar-refractivity contribution in [2.24, 2.45) is 0 Å². The summed E-state index contributed by atoms with van der Waals surface area (Å²) in [6, 6.07) is 18.5. The number of unbranched alkanes of at least 4 members (excludes halogenated alkanes) is 1. The maximum atomic E-state index is 10.8. The molecular formula is C23H24N4O2. The summed E-state index contributed by atoms with van der Waals surface area (Å²) >= 11 is 0. The number of fused-ring (bicyclic) bond motifs is 1. The third kappa shape index (κ3) is 3.79. The normalized spacial score (nSPS) is 11.1. The number of benzene rings is 3. The van der Waals surface area contributed by atoms with Crippen LogP contribution in [0.3, 0.4) is 0 Å². The minimum absolute atomic E-state index is 0.220. The van der Waals surface area contributed by atoms with Crippen LogP contribution in [0.2, 0.25) is 0 Å². The van der Waals surface area contributed by atoms with E-state index in [1.807, 2.05) is 55.5 Å². The molecule has 4 aromatic rings. The second-order valence-electron chi connectivity index (χ2n) is 7.21. The van der Waals surface area contributed by atoms with Gasteiger partial charge in [0.05, 0.1) is 11.4 Å². The minimum Gasteiger partial charge on any atom is -0.505 e. The fourth-order valence-corrected chi connectivity index (χ4v) is 3.40. The van der Waals surface area contributed by atoms with Crippen LogP contribution in [0.5, 0.6) is 5.75 Å². The molecule has 0 fully saturated rings. The Balaban J connectivity index is 1.72. The van der Waals surface area contributed by atoms with Crippen molar-refractivity contribution in [3.63, 3.8) is 0 Å². The molecule has 3 aromatic carbocycles. The van der Waals surface area contributed by atoms with Crippen molar-refractivity contribution in [1.82, 2.24) is 15.0 Å². The van der Waals surface area contributed by atoms with Crippen molar-refractivity contribution in [3.05, 3.63) is 71.8 Å². The van der Waals surface area contributed by atoms with Gasteiger partial charge in [-0.1, -0.05) is 37.6 Å². The molecule has 0 saturated heterocycles. The SMILES string of the molecule is CCCCc1cc(C)cc(-n2nc3ccc(N(O)c4ccccc4)cc3n2)c1O. The van der Waals surface area contributed by atoms with E-state index in [2.05, 4.69) is 17.1 Å². The van der Waals surface area contributed by atoms with E-state index in [1.54, 1.807) is 12.1 Å². The van der Waals surface area contributed by atoms with E-state index in [9.17, 15) is 10.3 Å². The van der Waals surface area contributed by atoms with Gasteiger partial charge in [0.25, 0.3) is 0 Å². The summed E-state index contributed by atoms with van der Waals surface area (Å²) in [6.45, 7) is 4.14. The molecule has 0 spiro atoms. The van der Waals surface area contributed by atoms with Crippen molar-refractivity contribution < 1.29 is 10.3 Å². The van der Waals surface area contributed by atoms with Gasteiger partial charge in [0.1, 0.15) is 22.5 Å². The molecule has 0 unspecified atom stereocenters. The van der Waals surface area contributed by atoms with Crippen LogP contribution in [0.4, 0.5) is 11.4 Å². The summed E-state index contributed by atoms with van der Waals surface area (Å²) < 4.78 is 0. The highest BCUT2D eigenvalue weighted by molar-refractivity contribution is 5.80. The first kappa shape index (κ1) is 19.0. The number of aromatic nitrogens is 3. The molecule has 148 valence electrons. The van der Waals surface area contributed by atoms with Gasteiger partial charge in [-0.25, -0.2) is 5.06 Å². The first-order valence-corrected chi connectivity index (χ1v) is 9.81. The highest BCUT2D eigenvalue weighted by Gasteiger charge is 2.15. The van der Waals surface area contributed by atoms with E-state index in [1.165, 1.54) is 4.80 Å². The second-order valence-corrected chi connectivity index (χ2v) is 7.21. The molecule has 0 aliphatic carbocycles. The van der Waals surface area contributed by atoms with E-state index < -0.39 is 0 Å². The lowest BCUT2D eigenvalue weighted by Gasteiger charge is -2.16. The quantitative estimate of drug-likeness (QED) is 0.438. The second kappa shape index (κ2) is 7.93. The molecule has 1 heterocycles. The Kier molecular flexibility index (Phi) is 5.18. The van der Waals surface area contributed by atoms with E-state index in [4.69, 9.17) is 0 Å². The molecule has 1 aromatic heterocycles. The van der Waals surface area contributed by atoms with Crippen LogP contribution in [-0.2, 0) is 6.42 Å². The number of rotatable bonds is 6. The van der Waals surface area contributed by atoms with Crippen molar-refractivity contribution in [2.75, 3.05) is 5.06 Å². The first-order valence-electron chi connectivity index (χ1n) is 9.81. The zero-order valence-corrected chi connectivity index (χ0v) is 16.6. The molecule has 29 heavy (non-hydrogen) atoms. The minimum atomic E-state index is 0.220. The topological polar surface area (TPSA) is 74.4 Å². The van der Waals surface area contributed by atoms with Crippen molar-refractivity contribution in [1.29, 1.82) is 0 Å². The summed E-state index contributed by atoms with van der Waals surface area (Å²) in [7, 11) is 0. The Hall–Kier alpha value is -3.38. The number of phenols is 1. The third-order valence-corrected chi connectivity index (χ3v) is 4.94. The van der Waals surface area contributed by atoms with Gasteiger partial charge in [0.15, 0.2) is 0 Å². The average Bonchev–Trinajstić information content (AvgIpc) is 3.17. The lowest BCUT2D eigenvalue weighted by molar-refractivity contribution is 0.301. The lowest BCUT2D eigenvalue weighted by Crippen LogP contribution is -2.09. The number of aromatic hydroxyl groups is 1.